The van der Waals surface area contributed by atoms with Gasteiger partial charge in [-0.1, -0.05) is 90.8 Å². The minimum Gasteiger partial charge on any atom is -0.299 e. The van der Waals surface area contributed by atoms with Crippen LogP contribution in [0.5, 0.6) is 0 Å². The van der Waals surface area contributed by atoms with Crippen molar-refractivity contribution in [3.05, 3.63) is 130 Å². The number of aryl methyl sites for hydroxylation is 3. The van der Waals surface area contributed by atoms with Crippen LogP contribution in [0, 0.1) is 19.8 Å². The summed E-state index contributed by atoms with van der Waals surface area (Å²) in [7, 11) is -8.19. The number of hydrogen-bond acceptors (Lipinski definition) is 5. The molecule has 0 N–H and O–H groups in total. The molecule has 4 atom stereocenters. The van der Waals surface area contributed by atoms with Gasteiger partial charge in [0.15, 0.2) is 0 Å². The van der Waals surface area contributed by atoms with Gasteiger partial charge in [0.1, 0.15) is 5.78 Å². The fourth-order valence-corrected chi connectivity index (χ4v) is 10.7. The lowest BCUT2D eigenvalue weighted by Gasteiger charge is -2.51. The minimum absolute atomic E-state index is 0.0812. The second-order valence-corrected chi connectivity index (χ2v) is 16.4. The summed E-state index contributed by atoms with van der Waals surface area (Å²) in [6, 6.07) is 25.9. The van der Waals surface area contributed by atoms with E-state index in [9.17, 15) is 21.6 Å². The maximum atomic E-state index is 14.7. The van der Waals surface area contributed by atoms with Gasteiger partial charge in [0.2, 0.25) is 20.0 Å². The van der Waals surface area contributed by atoms with E-state index in [1.165, 1.54) is 8.61 Å². The van der Waals surface area contributed by atoms with E-state index in [0.717, 1.165) is 23.1 Å². The Hall–Kier alpha value is -3.34. The highest BCUT2D eigenvalue weighted by Gasteiger charge is 2.54. The Morgan fingerprint density at radius 3 is 2.00 bits per heavy atom. The van der Waals surface area contributed by atoms with E-state index in [0.29, 0.717) is 16.1 Å². The van der Waals surface area contributed by atoms with Gasteiger partial charge in [0.05, 0.1) is 21.9 Å². The van der Waals surface area contributed by atoms with Crippen molar-refractivity contribution in [1.82, 2.24) is 8.61 Å². The van der Waals surface area contributed by atoms with E-state index in [1.807, 2.05) is 38.1 Å². The second kappa shape index (κ2) is 12.7. The fraction of sp³-hybridized carbons (Fsp3) is 0.306. The molecule has 0 spiro atoms. The van der Waals surface area contributed by atoms with Crippen molar-refractivity contribution in [2.45, 2.75) is 68.0 Å². The van der Waals surface area contributed by atoms with Crippen LogP contribution in [-0.4, -0.2) is 43.8 Å². The first-order chi connectivity index (χ1) is 21.9. The number of nitrogens with zero attached hydrogens (tertiary/aromatic N) is 2. The molecule has 0 aliphatic carbocycles. The van der Waals surface area contributed by atoms with Crippen LogP contribution in [0.2, 0.25) is 5.02 Å². The van der Waals surface area contributed by atoms with Crippen LogP contribution in [0.3, 0.4) is 0 Å². The third-order valence-corrected chi connectivity index (χ3v) is 13.6. The molecule has 4 aromatic carbocycles. The standard InChI is InChI=1S/C36H37ClN2O5S2/c1-4-26-11-13-27(14-12-26)32-21-34-31(23-38(32)45(41,42)30-19-9-24(2)10-20-30)35(40)22-33(28-15-17-29(37)18-16-28)39(34)46(43,44)36-8-6-5-7-25(36)3/h5-20,31-34H,4,21-23H2,1-3H3/t31-,32?,33?,34+/m1/s1. The predicted octanol–water partition coefficient (Wildman–Crippen LogP) is 7.04. The molecule has 0 amide bonds. The van der Waals surface area contributed by atoms with Crippen LogP contribution in [0.1, 0.15) is 59.7 Å². The molecule has 240 valence electrons. The zero-order valence-corrected chi connectivity index (χ0v) is 28.4. The quantitative estimate of drug-likeness (QED) is 0.209. The molecule has 0 radical (unpaired) electrons. The van der Waals surface area contributed by atoms with Crippen LogP contribution in [0.4, 0.5) is 0 Å². The van der Waals surface area contributed by atoms with Crippen LogP contribution in [-0.2, 0) is 31.3 Å². The SMILES string of the molecule is CCc1ccc(C2C[C@H]3[C@@H](CN2S(=O)(=O)c2ccc(C)cc2)C(=O)CC(c2ccc(Cl)cc2)N3S(=O)(=O)c2ccccc2C)cc1. The molecule has 2 fully saturated rings. The predicted molar refractivity (Wildman–Crippen MR) is 180 cm³/mol. The van der Waals surface area contributed by atoms with Crippen molar-refractivity contribution in [3.63, 3.8) is 0 Å². The van der Waals surface area contributed by atoms with Crippen molar-refractivity contribution in [2.24, 2.45) is 5.92 Å². The molecule has 0 aromatic heterocycles. The number of Topliss-reactive ketones (excluding diaryl/α,β-unsaturated/α-hetero) is 1. The first kappa shape index (κ1) is 32.6. The number of benzene rings is 4. The third-order valence-electron chi connectivity index (χ3n) is 9.40. The Balaban J connectivity index is 1.52. The van der Waals surface area contributed by atoms with Gasteiger partial charge in [-0.15, -0.1) is 0 Å². The Morgan fingerprint density at radius 2 is 1.37 bits per heavy atom. The van der Waals surface area contributed by atoms with E-state index in [2.05, 4.69) is 0 Å². The number of ketones is 1. The highest BCUT2D eigenvalue weighted by molar-refractivity contribution is 7.89. The zero-order valence-electron chi connectivity index (χ0n) is 26.0. The van der Waals surface area contributed by atoms with E-state index in [-0.39, 0.29) is 35.0 Å². The first-order valence-corrected chi connectivity index (χ1v) is 18.7. The number of carbonyl (C=O) groups excluding carboxylic acids is 1. The number of piperidine rings is 2. The van der Waals surface area contributed by atoms with Crippen molar-refractivity contribution in [3.8, 4) is 0 Å². The summed E-state index contributed by atoms with van der Waals surface area (Å²) in [4.78, 5) is 14.4. The van der Waals surface area contributed by atoms with Crippen molar-refractivity contribution >= 4 is 37.4 Å². The number of fused-ring (bicyclic) bond motifs is 1. The zero-order chi connectivity index (χ0) is 32.8. The molecule has 2 aliphatic heterocycles. The summed E-state index contributed by atoms with van der Waals surface area (Å²) in [5, 5.41) is 0.502. The molecule has 7 nitrogen and oxygen atoms in total. The molecule has 4 aromatic rings. The van der Waals surface area contributed by atoms with Crippen LogP contribution < -0.4 is 0 Å². The van der Waals surface area contributed by atoms with Gasteiger partial charge in [0, 0.05) is 29.9 Å². The lowest BCUT2D eigenvalue weighted by atomic mass is 9.77. The average molecular weight is 677 g/mol. The maximum Gasteiger partial charge on any atom is 0.244 e. The third kappa shape index (κ3) is 5.95. The van der Waals surface area contributed by atoms with Gasteiger partial charge >= 0.3 is 0 Å². The highest BCUT2D eigenvalue weighted by Crippen LogP contribution is 2.48. The molecular formula is C36H37ClN2O5S2. The Kier molecular flexibility index (Phi) is 8.99. The summed E-state index contributed by atoms with van der Waals surface area (Å²) in [5.74, 6) is -1.01. The van der Waals surface area contributed by atoms with Crippen molar-refractivity contribution in [2.75, 3.05) is 6.54 Å². The Labute approximate surface area is 276 Å². The van der Waals surface area contributed by atoms with E-state index >= 15 is 0 Å². The van der Waals surface area contributed by atoms with Gasteiger partial charge in [-0.25, -0.2) is 16.8 Å². The van der Waals surface area contributed by atoms with Gasteiger partial charge < -0.3 is 0 Å². The van der Waals surface area contributed by atoms with Crippen molar-refractivity contribution in [1.29, 1.82) is 0 Å². The molecule has 10 heteroatoms. The van der Waals surface area contributed by atoms with Crippen molar-refractivity contribution < 1.29 is 21.6 Å². The van der Waals surface area contributed by atoms with E-state index in [4.69, 9.17) is 11.6 Å². The van der Waals surface area contributed by atoms with Gasteiger partial charge in [-0.3, -0.25) is 4.79 Å². The number of sulfonamides is 2. The number of rotatable bonds is 7. The topological polar surface area (TPSA) is 91.8 Å². The number of halogens is 1. The molecule has 2 heterocycles. The average Bonchev–Trinajstić information content (AvgIpc) is 3.04. The fourth-order valence-electron chi connectivity index (χ4n) is 6.86. The Bertz CT molecular complexity index is 1960. The summed E-state index contributed by atoms with van der Waals surface area (Å²) in [6.07, 6.45) is 0.852. The van der Waals surface area contributed by atoms with Gasteiger partial charge in [0.25, 0.3) is 0 Å². The van der Waals surface area contributed by atoms with Crippen LogP contribution >= 0.6 is 11.6 Å². The first-order valence-electron chi connectivity index (χ1n) is 15.5. The molecule has 2 unspecified atom stereocenters. The molecule has 0 bridgehead atoms. The van der Waals surface area contributed by atoms with E-state index in [1.54, 1.807) is 79.7 Å². The summed E-state index contributed by atoms with van der Waals surface area (Å²) < 4.78 is 61.0. The maximum absolute atomic E-state index is 14.7. The second-order valence-electron chi connectivity index (χ2n) is 12.2. The normalized spacial score (nSPS) is 22.8. The summed E-state index contributed by atoms with van der Waals surface area (Å²) in [5.41, 5.74) is 4.03. The molecule has 0 saturated carbocycles. The summed E-state index contributed by atoms with van der Waals surface area (Å²) in [6.45, 7) is 5.56. The molecule has 2 aliphatic rings. The molecule has 2 saturated heterocycles. The summed E-state index contributed by atoms with van der Waals surface area (Å²) >= 11 is 6.20. The highest BCUT2D eigenvalue weighted by atomic mass is 35.5. The number of hydrogen-bond donors (Lipinski definition) is 0. The molecular weight excluding hydrogens is 640 g/mol. The Morgan fingerprint density at radius 1 is 0.761 bits per heavy atom. The van der Waals surface area contributed by atoms with Crippen LogP contribution in [0.25, 0.3) is 0 Å². The van der Waals surface area contributed by atoms with E-state index < -0.39 is 44.1 Å². The largest absolute Gasteiger partial charge is 0.299 e. The van der Waals surface area contributed by atoms with Gasteiger partial charge in [-0.2, -0.15) is 8.61 Å². The van der Waals surface area contributed by atoms with Gasteiger partial charge in [-0.05, 0) is 79.3 Å². The smallest absolute Gasteiger partial charge is 0.244 e. The minimum atomic E-state index is -4.14. The lowest BCUT2D eigenvalue weighted by Crippen LogP contribution is -2.61. The number of carbonyl (C=O) groups is 1. The monoisotopic (exact) mass is 676 g/mol. The lowest BCUT2D eigenvalue weighted by molar-refractivity contribution is -0.132. The molecule has 6 rings (SSSR count). The molecule has 46 heavy (non-hydrogen) atoms. The van der Waals surface area contributed by atoms with Crippen LogP contribution in [0.15, 0.2) is 107 Å².